The zero-order valence-electron chi connectivity index (χ0n) is 19.5. The third kappa shape index (κ3) is 5.24. The molecule has 1 saturated carbocycles. The fourth-order valence-corrected chi connectivity index (χ4v) is 5.22. The average Bonchev–Trinajstić information content (AvgIpc) is 2.97. The first-order valence-electron chi connectivity index (χ1n) is 12.0. The number of carboxylic acid groups (broad SMARTS) is 1. The molecule has 180 valence electrons. The lowest BCUT2D eigenvalue weighted by atomic mass is 9.93. The Hall–Kier alpha value is -3.35. The monoisotopic (exact) mass is 464 g/mol. The molecule has 34 heavy (non-hydrogen) atoms. The van der Waals surface area contributed by atoms with Crippen LogP contribution in [0.5, 0.6) is 0 Å². The summed E-state index contributed by atoms with van der Waals surface area (Å²) in [6.45, 7) is 0.381. The first-order valence-corrected chi connectivity index (χ1v) is 12.0. The van der Waals surface area contributed by atoms with Crippen molar-refractivity contribution in [2.24, 2.45) is 5.92 Å². The van der Waals surface area contributed by atoms with Crippen molar-refractivity contribution in [3.05, 3.63) is 59.7 Å². The lowest BCUT2D eigenvalue weighted by Gasteiger charge is -2.29. The Kier molecular flexibility index (Phi) is 7.50. The molecule has 2 atom stereocenters. The van der Waals surface area contributed by atoms with Crippen LogP contribution in [-0.4, -0.2) is 54.2 Å². The quantitative estimate of drug-likeness (QED) is 0.592. The van der Waals surface area contributed by atoms with Crippen molar-refractivity contribution in [1.29, 1.82) is 0 Å². The molecule has 0 heterocycles. The molecule has 7 heteroatoms. The first kappa shape index (κ1) is 23.8. The number of carbonyl (C=O) groups excluding carboxylic acids is 2. The van der Waals surface area contributed by atoms with Crippen molar-refractivity contribution in [2.75, 3.05) is 20.2 Å². The Morgan fingerprint density at radius 3 is 2.24 bits per heavy atom. The van der Waals surface area contributed by atoms with Gasteiger partial charge in [-0.25, -0.2) is 4.79 Å². The van der Waals surface area contributed by atoms with Crippen LogP contribution in [0.25, 0.3) is 11.1 Å². The van der Waals surface area contributed by atoms with Crippen LogP contribution in [0.1, 0.15) is 55.6 Å². The predicted molar refractivity (Wildman–Crippen MR) is 128 cm³/mol. The summed E-state index contributed by atoms with van der Waals surface area (Å²) < 4.78 is 5.70. The summed E-state index contributed by atoms with van der Waals surface area (Å²) in [5, 5.41) is 11.9. The average molecular weight is 465 g/mol. The summed E-state index contributed by atoms with van der Waals surface area (Å²) in [5.41, 5.74) is 4.65. The summed E-state index contributed by atoms with van der Waals surface area (Å²) in [6.07, 6.45) is 3.60. The van der Waals surface area contributed by atoms with Gasteiger partial charge in [0, 0.05) is 25.6 Å². The van der Waals surface area contributed by atoms with Crippen LogP contribution >= 0.6 is 0 Å². The molecule has 7 nitrogen and oxygen atoms in total. The molecule has 0 aromatic heterocycles. The lowest BCUT2D eigenvalue weighted by molar-refractivity contribution is -0.139. The Morgan fingerprint density at radius 1 is 0.971 bits per heavy atom. The minimum Gasteiger partial charge on any atom is -0.481 e. The first-order chi connectivity index (χ1) is 16.5. The molecule has 0 spiro atoms. The van der Waals surface area contributed by atoms with Gasteiger partial charge in [0.1, 0.15) is 6.61 Å². The van der Waals surface area contributed by atoms with Gasteiger partial charge in [-0.1, -0.05) is 67.8 Å². The molecule has 0 saturated heterocycles. The van der Waals surface area contributed by atoms with Crippen LogP contribution in [0.15, 0.2) is 48.5 Å². The minimum absolute atomic E-state index is 0.0214. The summed E-state index contributed by atoms with van der Waals surface area (Å²) in [4.78, 5) is 38.2. The molecular formula is C27H32N2O5. The van der Waals surface area contributed by atoms with Crippen LogP contribution in [0.3, 0.4) is 0 Å². The molecule has 2 amide bonds. The second-order valence-electron chi connectivity index (χ2n) is 9.22. The zero-order valence-corrected chi connectivity index (χ0v) is 19.5. The summed E-state index contributed by atoms with van der Waals surface area (Å²) in [5.74, 6) is -1.45. The van der Waals surface area contributed by atoms with Gasteiger partial charge < -0.3 is 20.1 Å². The number of hydrogen-bond donors (Lipinski definition) is 2. The van der Waals surface area contributed by atoms with E-state index in [-0.39, 0.29) is 43.4 Å². The predicted octanol–water partition coefficient (Wildman–Crippen LogP) is 4.41. The van der Waals surface area contributed by atoms with Gasteiger partial charge >= 0.3 is 12.1 Å². The van der Waals surface area contributed by atoms with Gasteiger partial charge in [0.15, 0.2) is 0 Å². The third-order valence-corrected chi connectivity index (χ3v) is 7.02. The van der Waals surface area contributed by atoms with Gasteiger partial charge in [-0.3, -0.25) is 9.59 Å². The Labute approximate surface area is 200 Å². The maximum Gasteiger partial charge on any atom is 0.407 e. The van der Waals surface area contributed by atoms with E-state index in [1.54, 1.807) is 7.05 Å². The molecule has 0 radical (unpaired) electrons. The van der Waals surface area contributed by atoms with E-state index < -0.39 is 12.1 Å². The summed E-state index contributed by atoms with van der Waals surface area (Å²) >= 11 is 0. The molecule has 2 aliphatic carbocycles. The Morgan fingerprint density at radius 2 is 1.59 bits per heavy atom. The SMILES string of the molecule is CN(CCC(=O)O)C(=O)[C@H]1CCCCC[C@H]1NC(=O)OCC1c2ccccc2-c2ccccc21. The van der Waals surface area contributed by atoms with E-state index >= 15 is 0 Å². The van der Waals surface area contributed by atoms with Gasteiger partial charge in [-0.05, 0) is 35.1 Å². The third-order valence-electron chi connectivity index (χ3n) is 7.02. The molecular weight excluding hydrogens is 432 g/mol. The van der Waals surface area contributed by atoms with E-state index in [0.29, 0.717) is 12.8 Å². The normalized spacial score (nSPS) is 19.4. The van der Waals surface area contributed by atoms with E-state index in [1.165, 1.54) is 16.0 Å². The molecule has 0 aliphatic heterocycles. The number of ether oxygens (including phenoxy) is 1. The van der Waals surface area contributed by atoms with Crippen molar-refractivity contribution < 1.29 is 24.2 Å². The molecule has 0 bridgehead atoms. The lowest BCUT2D eigenvalue weighted by Crippen LogP contribution is -2.47. The number of nitrogens with one attached hydrogen (secondary N) is 1. The molecule has 1 fully saturated rings. The van der Waals surface area contributed by atoms with E-state index in [2.05, 4.69) is 29.6 Å². The number of alkyl carbamates (subject to hydrolysis) is 1. The number of nitrogens with zero attached hydrogens (tertiary/aromatic N) is 1. The Bertz CT molecular complexity index is 1010. The molecule has 2 aromatic rings. The van der Waals surface area contributed by atoms with E-state index in [1.807, 2.05) is 24.3 Å². The van der Waals surface area contributed by atoms with Gasteiger partial charge in [0.05, 0.1) is 12.3 Å². The number of rotatable bonds is 7. The van der Waals surface area contributed by atoms with Crippen LogP contribution in [0.2, 0.25) is 0 Å². The molecule has 0 unspecified atom stereocenters. The number of carbonyl (C=O) groups is 3. The van der Waals surface area contributed by atoms with E-state index in [0.717, 1.165) is 30.4 Å². The topological polar surface area (TPSA) is 95.9 Å². The van der Waals surface area contributed by atoms with Crippen LogP contribution in [-0.2, 0) is 14.3 Å². The van der Waals surface area contributed by atoms with Gasteiger partial charge in [-0.2, -0.15) is 0 Å². The van der Waals surface area contributed by atoms with Crippen molar-refractivity contribution in [3.63, 3.8) is 0 Å². The van der Waals surface area contributed by atoms with E-state index in [9.17, 15) is 14.4 Å². The minimum atomic E-state index is -0.936. The number of amides is 2. The maximum atomic E-state index is 13.0. The van der Waals surface area contributed by atoms with Gasteiger partial charge in [0.2, 0.25) is 5.91 Å². The summed E-state index contributed by atoms with van der Waals surface area (Å²) in [6, 6.07) is 16.1. The second kappa shape index (κ2) is 10.7. The van der Waals surface area contributed by atoms with Crippen molar-refractivity contribution in [2.45, 2.75) is 50.5 Å². The highest BCUT2D eigenvalue weighted by molar-refractivity contribution is 5.81. The maximum absolute atomic E-state index is 13.0. The van der Waals surface area contributed by atoms with Gasteiger partial charge in [0.25, 0.3) is 0 Å². The molecule has 2 aromatic carbocycles. The van der Waals surface area contributed by atoms with Crippen LogP contribution in [0, 0.1) is 5.92 Å². The number of hydrogen-bond acceptors (Lipinski definition) is 4. The van der Waals surface area contributed by atoms with Crippen molar-refractivity contribution in [1.82, 2.24) is 10.2 Å². The van der Waals surface area contributed by atoms with E-state index in [4.69, 9.17) is 9.84 Å². The van der Waals surface area contributed by atoms with Crippen molar-refractivity contribution >= 4 is 18.0 Å². The number of fused-ring (bicyclic) bond motifs is 3. The Balaban J connectivity index is 1.40. The summed E-state index contributed by atoms with van der Waals surface area (Å²) in [7, 11) is 1.63. The number of benzene rings is 2. The number of aliphatic carboxylic acids is 1. The molecule has 2 N–H and O–H groups in total. The van der Waals surface area contributed by atoms with Gasteiger partial charge in [-0.15, -0.1) is 0 Å². The number of carboxylic acids is 1. The highest BCUT2D eigenvalue weighted by Crippen LogP contribution is 2.44. The zero-order chi connectivity index (χ0) is 24.1. The molecule has 4 rings (SSSR count). The van der Waals surface area contributed by atoms with Crippen molar-refractivity contribution in [3.8, 4) is 11.1 Å². The van der Waals surface area contributed by atoms with Crippen LogP contribution < -0.4 is 5.32 Å². The highest BCUT2D eigenvalue weighted by atomic mass is 16.5. The smallest absolute Gasteiger partial charge is 0.407 e. The largest absolute Gasteiger partial charge is 0.481 e. The fourth-order valence-electron chi connectivity index (χ4n) is 5.22. The fraction of sp³-hybridized carbons (Fsp3) is 0.444. The standard InChI is InChI=1S/C27H32N2O5/c1-29(16-15-25(30)31)26(32)22-13-3-2-4-14-24(22)28-27(33)34-17-23-20-11-7-5-9-18(20)19-10-6-8-12-21(19)23/h5-12,22-24H,2-4,13-17H2,1H3,(H,28,33)(H,30,31)/t22-,24+/m0/s1. The highest BCUT2D eigenvalue weighted by Gasteiger charge is 2.34. The van der Waals surface area contributed by atoms with Crippen LogP contribution in [0.4, 0.5) is 4.79 Å². The molecule has 2 aliphatic rings. The second-order valence-corrected chi connectivity index (χ2v) is 9.22.